The normalized spacial score (nSPS) is 16.2. The maximum Gasteiger partial charge on any atom is 0.405 e. The molecule has 0 bridgehead atoms. The van der Waals surface area contributed by atoms with Crippen LogP contribution in [0.2, 0.25) is 0 Å². The van der Waals surface area contributed by atoms with Gasteiger partial charge < -0.3 is 0 Å². The van der Waals surface area contributed by atoms with Gasteiger partial charge in [0, 0.05) is 0 Å². The third kappa shape index (κ3) is 4.62. The van der Waals surface area contributed by atoms with Crippen LogP contribution >= 0.6 is 0 Å². The van der Waals surface area contributed by atoms with Crippen LogP contribution < -0.4 is 4.72 Å². The molecule has 0 amide bonds. The molecule has 0 aromatic heterocycles. The molecule has 1 rings (SSSR count). The van der Waals surface area contributed by atoms with E-state index < -0.39 is 28.6 Å². The van der Waals surface area contributed by atoms with Crippen LogP contribution in [-0.2, 0) is 11.0 Å². The second kappa shape index (κ2) is 5.63. The van der Waals surface area contributed by atoms with E-state index in [-0.39, 0.29) is 0 Å². The molecule has 2 atom stereocenters. The van der Waals surface area contributed by atoms with Crippen molar-refractivity contribution in [1.29, 1.82) is 0 Å². The van der Waals surface area contributed by atoms with Gasteiger partial charge >= 0.3 is 6.18 Å². The molecule has 0 fully saturated rings. The van der Waals surface area contributed by atoms with Crippen LogP contribution in [0.5, 0.6) is 0 Å². The Balaban J connectivity index is 2.92. The van der Waals surface area contributed by atoms with Gasteiger partial charge in [-0.25, -0.2) is 8.93 Å². The molecule has 1 unspecified atom stereocenters. The highest BCUT2D eigenvalue weighted by Gasteiger charge is 2.47. The summed E-state index contributed by atoms with van der Waals surface area (Å²) in [4.78, 5) is 0.337. The lowest BCUT2D eigenvalue weighted by Gasteiger charge is -2.32. The van der Waals surface area contributed by atoms with Crippen LogP contribution in [0.25, 0.3) is 0 Å². The smallest absolute Gasteiger partial charge is 0.237 e. The molecule has 0 saturated heterocycles. The molecule has 1 aromatic carbocycles. The van der Waals surface area contributed by atoms with Crippen molar-refractivity contribution in [2.75, 3.05) is 0 Å². The van der Waals surface area contributed by atoms with Gasteiger partial charge in [-0.3, -0.25) is 0 Å². The first-order valence-corrected chi connectivity index (χ1v) is 6.98. The van der Waals surface area contributed by atoms with E-state index in [1.165, 1.54) is 20.8 Å². The molecule has 6 heteroatoms. The van der Waals surface area contributed by atoms with E-state index in [4.69, 9.17) is 0 Å². The fraction of sp³-hybridized carbons (Fsp3) is 0.538. The van der Waals surface area contributed by atoms with Gasteiger partial charge in [-0.1, -0.05) is 38.5 Å². The van der Waals surface area contributed by atoms with Crippen LogP contribution in [0.4, 0.5) is 13.2 Å². The summed E-state index contributed by atoms with van der Waals surface area (Å²) in [5, 5.41) is 0. The first-order chi connectivity index (χ1) is 8.51. The van der Waals surface area contributed by atoms with E-state index in [1.54, 1.807) is 24.3 Å². The summed E-state index contributed by atoms with van der Waals surface area (Å²) in [5.74, 6) is 0. The summed E-state index contributed by atoms with van der Waals surface area (Å²) in [6.45, 7) is 6.24. The lowest BCUT2D eigenvalue weighted by molar-refractivity contribution is -0.172. The van der Waals surface area contributed by atoms with Crippen LogP contribution in [0.1, 0.15) is 26.3 Å². The van der Waals surface area contributed by atoms with Gasteiger partial charge in [0.1, 0.15) is 17.0 Å². The van der Waals surface area contributed by atoms with Crippen molar-refractivity contribution in [3.8, 4) is 0 Å². The van der Waals surface area contributed by atoms with Gasteiger partial charge in [0.05, 0.1) is 4.90 Å². The molecule has 0 aliphatic carbocycles. The predicted octanol–water partition coefficient (Wildman–Crippen LogP) is 3.58. The Morgan fingerprint density at radius 3 is 1.95 bits per heavy atom. The van der Waals surface area contributed by atoms with Crippen molar-refractivity contribution in [3.63, 3.8) is 0 Å². The molecule has 108 valence electrons. The number of halogens is 3. The molecule has 0 heterocycles. The third-order valence-electron chi connectivity index (χ3n) is 2.65. The van der Waals surface area contributed by atoms with Crippen molar-refractivity contribution in [2.45, 2.75) is 44.8 Å². The number of alkyl halides is 3. The summed E-state index contributed by atoms with van der Waals surface area (Å²) in [5.41, 5.74) is -0.109. The Morgan fingerprint density at radius 2 is 1.58 bits per heavy atom. The average Bonchev–Trinajstić information content (AvgIpc) is 2.23. The Bertz CT molecular complexity index is 434. The molecule has 0 aliphatic rings. The van der Waals surface area contributed by atoms with Crippen LogP contribution in [0, 0.1) is 12.3 Å². The van der Waals surface area contributed by atoms with Gasteiger partial charge in [-0.15, -0.1) is 0 Å². The van der Waals surface area contributed by atoms with E-state index in [2.05, 4.69) is 4.72 Å². The molecule has 19 heavy (non-hydrogen) atoms. The lowest BCUT2D eigenvalue weighted by Crippen LogP contribution is -2.51. The molecule has 0 spiro atoms. The summed E-state index contributed by atoms with van der Waals surface area (Å²) < 4.78 is 53.0. The van der Waals surface area contributed by atoms with Crippen LogP contribution in [0.15, 0.2) is 29.2 Å². The molecular formula is C13H18F3NOS. The second-order valence-electron chi connectivity index (χ2n) is 5.54. The highest BCUT2D eigenvalue weighted by atomic mass is 32.2. The summed E-state index contributed by atoms with van der Waals surface area (Å²) in [7, 11) is -1.88. The minimum absolute atomic E-state index is 0.337. The Labute approximate surface area is 114 Å². The van der Waals surface area contributed by atoms with Gasteiger partial charge in [0.15, 0.2) is 0 Å². The fourth-order valence-electron chi connectivity index (χ4n) is 1.57. The topological polar surface area (TPSA) is 29.1 Å². The third-order valence-corrected chi connectivity index (χ3v) is 3.80. The number of aryl methyl sites for hydroxylation is 1. The molecule has 2 nitrogen and oxygen atoms in total. The van der Waals surface area contributed by atoms with E-state index in [9.17, 15) is 17.4 Å². The number of hydrogen-bond donors (Lipinski definition) is 1. The molecule has 0 aliphatic heterocycles. The summed E-state index contributed by atoms with van der Waals surface area (Å²) in [6, 6.07) is 4.73. The van der Waals surface area contributed by atoms with Gasteiger partial charge in [0.2, 0.25) is 0 Å². The molecule has 0 radical (unpaired) electrons. The first-order valence-electron chi connectivity index (χ1n) is 5.83. The molecule has 1 N–H and O–H groups in total. The van der Waals surface area contributed by atoms with E-state index in [0.29, 0.717) is 4.90 Å². The largest absolute Gasteiger partial charge is 0.405 e. The number of hydrogen-bond acceptors (Lipinski definition) is 1. The standard InChI is InChI=1S/C13H18F3NOS/c1-9-5-7-10(8-6-9)19(18)17-11(12(2,3)4)13(14,15)16/h5-8,11,17H,1-4H3/t11-,19?/m1/s1. The SMILES string of the molecule is Cc1ccc(S(=O)N[C@H](C(C)(C)C)C(F)(F)F)cc1. The van der Waals surface area contributed by atoms with Crippen LogP contribution in [0.3, 0.4) is 0 Å². The van der Waals surface area contributed by atoms with Crippen molar-refractivity contribution in [1.82, 2.24) is 4.72 Å². The lowest BCUT2D eigenvalue weighted by atomic mass is 9.87. The zero-order valence-corrected chi connectivity index (χ0v) is 12.2. The average molecular weight is 293 g/mol. The maximum absolute atomic E-state index is 13.0. The fourth-order valence-corrected chi connectivity index (χ4v) is 2.79. The zero-order valence-electron chi connectivity index (χ0n) is 11.3. The van der Waals surface area contributed by atoms with Gasteiger partial charge in [0.25, 0.3) is 0 Å². The van der Waals surface area contributed by atoms with E-state index >= 15 is 0 Å². The zero-order chi connectivity index (χ0) is 14.8. The highest BCUT2D eigenvalue weighted by molar-refractivity contribution is 7.83. The van der Waals surface area contributed by atoms with Crippen LogP contribution in [-0.4, -0.2) is 16.4 Å². The Morgan fingerprint density at radius 1 is 1.11 bits per heavy atom. The minimum Gasteiger partial charge on any atom is -0.237 e. The maximum atomic E-state index is 13.0. The Kier molecular flexibility index (Phi) is 4.79. The van der Waals surface area contributed by atoms with Crippen molar-refractivity contribution < 1.29 is 17.4 Å². The van der Waals surface area contributed by atoms with E-state index in [1.807, 2.05) is 6.92 Å². The molecule has 0 saturated carbocycles. The minimum atomic E-state index is -4.45. The second-order valence-corrected chi connectivity index (χ2v) is 6.78. The first kappa shape index (κ1) is 16.2. The Hall–Kier alpha value is -0.880. The predicted molar refractivity (Wildman–Crippen MR) is 70.0 cm³/mol. The number of benzene rings is 1. The quantitative estimate of drug-likeness (QED) is 0.906. The molecular weight excluding hydrogens is 275 g/mol. The summed E-state index contributed by atoms with van der Waals surface area (Å²) in [6.07, 6.45) is -4.45. The van der Waals surface area contributed by atoms with Crippen molar-refractivity contribution in [2.24, 2.45) is 5.41 Å². The van der Waals surface area contributed by atoms with Crippen molar-refractivity contribution in [3.05, 3.63) is 29.8 Å². The number of nitrogens with one attached hydrogen (secondary N) is 1. The van der Waals surface area contributed by atoms with Gasteiger partial charge in [-0.2, -0.15) is 13.2 Å². The van der Waals surface area contributed by atoms with Crippen molar-refractivity contribution >= 4 is 11.0 Å². The molecule has 1 aromatic rings. The highest BCUT2D eigenvalue weighted by Crippen LogP contribution is 2.33. The summed E-state index contributed by atoms with van der Waals surface area (Å²) >= 11 is 0. The monoisotopic (exact) mass is 293 g/mol. The van der Waals surface area contributed by atoms with E-state index in [0.717, 1.165) is 5.56 Å². The van der Waals surface area contributed by atoms with Gasteiger partial charge in [-0.05, 0) is 24.5 Å². The number of rotatable bonds is 3.